The van der Waals surface area contributed by atoms with Crippen molar-refractivity contribution in [1.29, 1.82) is 0 Å². The van der Waals surface area contributed by atoms with E-state index in [4.69, 9.17) is 15.0 Å². The lowest BCUT2D eigenvalue weighted by Gasteiger charge is -2.16. The van der Waals surface area contributed by atoms with Gasteiger partial charge < -0.3 is 9.15 Å². The molecule has 0 radical (unpaired) electrons. The minimum atomic E-state index is -0.0782. The summed E-state index contributed by atoms with van der Waals surface area (Å²) in [5, 5.41) is 0. The van der Waals surface area contributed by atoms with Crippen LogP contribution in [-0.4, -0.2) is 6.10 Å². The molecule has 0 saturated carbocycles. The fourth-order valence-electron chi connectivity index (χ4n) is 2.01. The molecule has 4 nitrogen and oxygen atoms in total. The summed E-state index contributed by atoms with van der Waals surface area (Å²) >= 11 is 0. The van der Waals surface area contributed by atoms with E-state index in [1.165, 1.54) is 0 Å². The molecule has 19 heavy (non-hydrogen) atoms. The van der Waals surface area contributed by atoms with E-state index in [1.54, 1.807) is 6.26 Å². The maximum Gasteiger partial charge on any atom is 0.119 e. The molecule has 1 unspecified atom stereocenters. The maximum atomic E-state index is 5.64. The van der Waals surface area contributed by atoms with E-state index in [9.17, 15) is 0 Å². The molecular weight excluding hydrogens is 240 g/mol. The van der Waals surface area contributed by atoms with Crippen LogP contribution in [0.15, 0.2) is 41.0 Å². The molecule has 0 aliphatic rings. The molecule has 2 rings (SSSR count). The first-order valence-corrected chi connectivity index (χ1v) is 6.38. The third-order valence-corrected chi connectivity index (χ3v) is 2.84. The Kier molecular flexibility index (Phi) is 4.24. The molecule has 1 atom stereocenters. The van der Waals surface area contributed by atoms with Gasteiger partial charge in [-0.05, 0) is 44.5 Å². The second-order valence-electron chi connectivity index (χ2n) is 4.83. The summed E-state index contributed by atoms with van der Waals surface area (Å²) in [4.78, 5) is 0. The number of hydrazine groups is 1. The predicted octanol–water partition coefficient (Wildman–Crippen LogP) is 2.93. The highest BCUT2D eigenvalue weighted by atomic mass is 16.5. The van der Waals surface area contributed by atoms with Gasteiger partial charge in [0.25, 0.3) is 0 Å². The zero-order valence-electron chi connectivity index (χ0n) is 11.5. The van der Waals surface area contributed by atoms with Gasteiger partial charge in [-0.2, -0.15) is 0 Å². The van der Waals surface area contributed by atoms with Crippen molar-refractivity contribution >= 4 is 0 Å². The van der Waals surface area contributed by atoms with E-state index in [-0.39, 0.29) is 12.1 Å². The van der Waals surface area contributed by atoms with E-state index in [0.29, 0.717) is 0 Å². The number of furan rings is 1. The van der Waals surface area contributed by atoms with Crippen molar-refractivity contribution < 1.29 is 9.15 Å². The lowest BCUT2D eigenvalue weighted by atomic mass is 10.0. The first-order chi connectivity index (χ1) is 9.10. The van der Waals surface area contributed by atoms with Gasteiger partial charge in [-0.25, -0.2) is 5.43 Å². The van der Waals surface area contributed by atoms with Gasteiger partial charge in [0, 0.05) is 5.56 Å². The van der Waals surface area contributed by atoms with Gasteiger partial charge in [0.2, 0.25) is 0 Å². The third kappa shape index (κ3) is 3.36. The van der Waals surface area contributed by atoms with Gasteiger partial charge in [0.15, 0.2) is 0 Å². The van der Waals surface area contributed by atoms with Gasteiger partial charge in [-0.3, -0.25) is 5.84 Å². The minimum Gasteiger partial charge on any atom is -0.491 e. The Balaban J connectivity index is 2.19. The van der Waals surface area contributed by atoms with Gasteiger partial charge in [-0.1, -0.05) is 12.1 Å². The monoisotopic (exact) mass is 260 g/mol. The van der Waals surface area contributed by atoms with Crippen molar-refractivity contribution in [3.05, 3.63) is 53.5 Å². The van der Waals surface area contributed by atoms with Crippen LogP contribution in [0, 0.1) is 6.92 Å². The van der Waals surface area contributed by atoms with Crippen LogP contribution < -0.4 is 16.0 Å². The number of benzene rings is 1. The van der Waals surface area contributed by atoms with Crippen molar-refractivity contribution in [2.45, 2.75) is 32.9 Å². The molecule has 1 aromatic heterocycles. The molecule has 0 spiro atoms. The first-order valence-electron chi connectivity index (χ1n) is 6.38. The summed E-state index contributed by atoms with van der Waals surface area (Å²) in [6, 6.07) is 9.81. The highest BCUT2D eigenvalue weighted by Gasteiger charge is 2.14. The Labute approximate surface area is 113 Å². The van der Waals surface area contributed by atoms with Crippen LogP contribution in [0.4, 0.5) is 0 Å². The molecule has 1 aromatic carbocycles. The van der Waals surface area contributed by atoms with Crippen molar-refractivity contribution in [3.63, 3.8) is 0 Å². The van der Waals surface area contributed by atoms with Crippen molar-refractivity contribution in [2.75, 3.05) is 0 Å². The van der Waals surface area contributed by atoms with Crippen molar-refractivity contribution in [3.8, 4) is 5.75 Å². The van der Waals surface area contributed by atoms with Crippen molar-refractivity contribution in [1.82, 2.24) is 5.43 Å². The van der Waals surface area contributed by atoms with Crippen molar-refractivity contribution in [2.24, 2.45) is 5.84 Å². The van der Waals surface area contributed by atoms with E-state index in [2.05, 4.69) is 5.43 Å². The number of nitrogens with one attached hydrogen (secondary N) is 1. The largest absolute Gasteiger partial charge is 0.491 e. The van der Waals surface area contributed by atoms with Gasteiger partial charge in [0.05, 0.1) is 18.4 Å². The average Bonchev–Trinajstić information content (AvgIpc) is 2.78. The normalized spacial score (nSPS) is 12.7. The molecule has 102 valence electrons. The molecular formula is C15H20N2O2. The van der Waals surface area contributed by atoms with Gasteiger partial charge in [-0.15, -0.1) is 0 Å². The smallest absolute Gasteiger partial charge is 0.119 e. The van der Waals surface area contributed by atoms with Gasteiger partial charge >= 0.3 is 0 Å². The number of aryl methyl sites for hydroxylation is 1. The van der Waals surface area contributed by atoms with Crippen LogP contribution in [0.3, 0.4) is 0 Å². The van der Waals surface area contributed by atoms with Crippen LogP contribution in [0.25, 0.3) is 0 Å². The van der Waals surface area contributed by atoms with Crippen LogP contribution in [0.1, 0.15) is 36.8 Å². The Morgan fingerprint density at radius 2 is 1.84 bits per heavy atom. The molecule has 3 N–H and O–H groups in total. The summed E-state index contributed by atoms with van der Waals surface area (Å²) in [7, 11) is 0. The fourth-order valence-corrected chi connectivity index (χ4v) is 2.01. The SMILES string of the molecule is Cc1cc(C(NN)c2ccc(OC(C)C)cc2)co1. The standard InChI is InChI=1S/C15H20N2O2/c1-10(2)19-14-6-4-12(5-7-14)15(17-16)13-8-11(3)18-9-13/h4-10,15,17H,16H2,1-3H3. The molecule has 0 amide bonds. The van der Waals surface area contributed by atoms with Crippen LogP contribution in [-0.2, 0) is 0 Å². The summed E-state index contributed by atoms with van der Waals surface area (Å²) in [5.74, 6) is 7.37. The Morgan fingerprint density at radius 3 is 2.32 bits per heavy atom. The number of hydrogen-bond donors (Lipinski definition) is 2. The zero-order chi connectivity index (χ0) is 13.8. The van der Waals surface area contributed by atoms with E-state index < -0.39 is 0 Å². The summed E-state index contributed by atoms with van der Waals surface area (Å²) in [6.45, 7) is 5.93. The number of hydrogen-bond acceptors (Lipinski definition) is 4. The van der Waals surface area contributed by atoms with E-state index >= 15 is 0 Å². The van der Waals surface area contributed by atoms with Crippen LogP contribution >= 0.6 is 0 Å². The molecule has 0 fully saturated rings. The second-order valence-corrected chi connectivity index (χ2v) is 4.83. The summed E-state index contributed by atoms with van der Waals surface area (Å²) < 4.78 is 10.9. The third-order valence-electron chi connectivity index (χ3n) is 2.84. The molecule has 0 aliphatic heterocycles. The molecule has 0 bridgehead atoms. The predicted molar refractivity (Wildman–Crippen MR) is 74.8 cm³/mol. The highest BCUT2D eigenvalue weighted by Crippen LogP contribution is 2.25. The first kappa shape index (κ1) is 13.6. The molecule has 4 heteroatoms. The zero-order valence-corrected chi connectivity index (χ0v) is 11.5. The molecule has 0 aliphatic carbocycles. The highest BCUT2D eigenvalue weighted by molar-refractivity contribution is 5.34. The Bertz CT molecular complexity index is 517. The lowest BCUT2D eigenvalue weighted by Crippen LogP contribution is -2.28. The fraction of sp³-hybridized carbons (Fsp3) is 0.333. The maximum absolute atomic E-state index is 5.64. The van der Waals surface area contributed by atoms with E-state index in [1.807, 2.05) is 51.1 Å². The summed E-state index contributed by atoms with van der Waals surface area (Å²) in [6.07, 6.45) is 1.89. The van der Waals surface area contributed by atoms with Gasteiger partial charge in [0.1, 0.15) is 11.5 Å². The van der Waals surface area contributed by atoms with Crippen LogP contribution in [0.5, 0.6) is 5.75 Å². The quantitative estimate of drug-likeness (QED) is 0.641. The molecule has 1 heterocycles. The molecule has 0 saturated heterocycles. The van der Waals surface area contributed by atoms with Crippen LogP contribution in [0.2, 0.25) is 0 Å². The van der Waals surface area contributed by atoms with E-state index in [0.717, 1.165) is 22.6 Å². The number of nitrogens with two attached hydrogens (primary N) is 1. The Hall–Kier alpha value is -1.78. The second kappa shape index (κ2) is 5.91. The average molecular weight is 260 g/mol. The molecule has 2 aromatic rings. The minimum absolute atomic E-state index is 0.0782. The number of rotatable bonds is 5. The topological polar surface area (TPSA) is 60.4 Å². The Morgan fingerprint density at radius 1 is 1.16 bits per heavy atom. The summed E-state index contributed by atoms with van der Waals surface area (Å²) in [5.41, 5.74) is 4.89. The number of ether oxygens (including phenoxy) is 1. The lowest BCUT2D eigenvalue weighted by molar-refractivity contribution is 0.242.